The zero-order valence-corrected chi connectivity index (χ0v) is 10.9. The van der Waals surface area contributed by atoms with E-state index in [1.807, 2.05) is 0 Å². The highest BCUT2D eigenvalue weighted by Gasteiger charge is 2.54. The largest absolute Gasteiger partial charge is 0.481 e. The molecule has 0 radical (unpaired) electrons. The van der Waals surface area contributed by atoms with E-state index >= 15 is 0 Å². The van der Waals surface area contributed by atoms with Gasteiger partial charge in [0.25, 0.3) is 0 Å². The second kappa shape index (κ2) is 5.63. The fraction of sp³-hybridized carbons (Fsp3) is 0.889. The molecule has 1 heterocycles. The fourth-order valence-corrected chi connectivity index (χ4v) is 3.31. The van der Waals surface area contributed by atoms with Crippen molar-refractivity contribution in [3.8, 4) is 0 Å². The third kappa shape index (κ3) is 3.80. The molecule has 0 bridgehead atoms. The van der Waals surface area contributed by atoms with E-state index in [0.717, 1.165) is 0 Å². The van der Waals surface area contributed by atoms with Crippen LogP contribution in [0.3, 0.4) is 0 Å². The first-order chi connectivity index (χ1) is 8.59. The molecule has 0 aromatic heterocycles. The van der Waals surface area contributed by atoms with Gasteiger partial charge in [-0.2, -0.15) is 13.2 Å². The van der Waals surface area contributed by atoms with Crippen LogP contribution in [0, 0.1) is 11.8 Å². The van der Waals surface area contributed by atoms with Crippen molar-refractivity contribution in [2.75, 3.05) is 32.6 Å². The number of carbonyl (C=O) groups is 1. The van der Waals surface area contributed by atoms with Crippen molar-refractivity contribution in [3.63, 3.8) is 0 Å². The van der Waals surface area contributed by atoms with Crippen LogP contribution < -0.4 is 0 Å². The van der Waals surface area contributed by atoms with Gasteiger partial charge in [0.05, 0.1) is 24.2 Å². The zero-order chi connectivity index (χ0) is 14.8. The van der Waals surface area contributed by atoms with Crippen LogP contribution in [0.4, 0.5) is 13.2 Å². The van der Waals surface area contributed by atoms with Crippen LogP contribution in [-0.2, 0) is 19.6 Å². The molecule has 0 aromatic carbocycles. The monoisotopic (exact) mass is 305 g/mol. The molecular weight excluding hydrogens is 291 g/mol. The van der Waals surface area contributed by atoms with E-state index < -0.39 is 52.8 Å². The number of hydrogen-bond donors (Lipinski definition) is 1. The van der Waals surface area contributed by atoms with Gasteiger partial charge in [0.1, 0.15) is 0 Å². The van der Waals surface area contributed by atoms with Crippen molar-refractivity contribution >= 4 is 16.0 Å². The van der Waals surface area contributed by atoms with E-state index in [1.165, 1.54) is 7.11 Å². The fourth-order valence-electron chi connectivity index (χ4n) is 1.89. The summed E-state index contributed by atoms with van der Waals surface area (Å²) in [7, 11) is -2.67. The Kier molecular flexibility index (Phi) is 4.80. The summed E-state index contributed by atoms with van der Waals surface area (Å²) in [5.41, 5.74) is 0. The van der Waals surface area contributed by atoms with Gasteiger partial charge in [0, 0.05) is 20.2 Å². The minimum atomic E-state index is -4.74. The Morgan fingerprint density at radius 3 is 2.37 bits per heavy atom. The summed E-state index contributed by atoms with van der Waals surface area (Å²) < 4.78 is 66.6. The Bertz CT molecular complexity index is 436. The summed E-state index contributed by atoms with van der Waals surface area (Å²) in [6.07, 6.45) is -4.74. The number of carboxylic acids is 1. The minimum absolute atomic E-state index is 0.159. The zero-order valence-electron chi connectivity index (χ0n) is 10.1. The van der Waals surface area contributed by atoms with Crippen LogP contribution in [0.15, 0.2) is 0 Å². The first-order valence-electron chi connectivity index (χ1n) is 5.36. The predicted molar refractivity (Wildman–Crippen MR) is 57.9 cm³/mol. The number of carboxylic acid groups (broad SMARTS) is 1. The van der Waals surface area contributed by atoms with Crippen molar-refractivity contribution in [1.29, 1.82) is 0 Å². The molecule has 1 rings (SSSR count). The molecule has 2 atom stereocenters. The van der Waals surface area contributed by atoms with E-state index in [0.29, 0.717) is 4.31 Å². The molecule has 0 aliphatic carbocycles. The van der Waals surface area contributed by atoms with E-state index in [4.69, 9.17) is 5.11 Å². The topological polar surface area (TPSA) is 83.9 Å². The Balaban J connectivity index is 2.90. The summed E-state index contributed by atoms with van der Waals surface area (Å²) >= 11 is 0. The van der Waals surface area contributed by atoms with Crippen molar-refractivity contribution in [3.05, 3.63) is 0 Å². The number of nitrogens with zero attached hydrogens (tertiary/aromatic N) is 1. The van der Waals surface area contributed by atoms with Crippen LogP contribution in [0.5, 0.6) is 0 Å². The first-order valence-corrected chi connectivity index (χ1v) is 6.96. The SMILES string of the molecule is COCCS(=O)(=O)N1C[C@@H](C(F)(F)F)[C@H](C(=O)O)C1. The smallest absolute Gasteiger partial charge is 0.393 e. The molecule has 0 amide bonds. The minimum Gasteiger partial charge on any atom is -0.481 e. The summed E-state index contributed by atoms with van der Waals surface area (Å²) in [6, 6.07) is 0. The first kappa shape index (κ1) is 16.2. The van der Waals surface area contributed by atoms with Crippen LogP contribution in [0.25, 0.3) is 0 Å². The number of alkyl halides is 3. The van der Waals surface area contributed by atoms with E-state index in [2.05, 4.69) is 4.74 Å². The lowest BCUT2D eigenvalue weighted by molar-refractivity contribution is -0.187. The van der Waals surface area contributed by atoms with Gasteiger partial charge >= 0.3 is 12.1 Å². The molecule has 10 heteroatoms. The standard InChI is InChI=1S/C9H14F3NO5S/c1-18-2-3-19(16,17)13-4-6(8(14)15)7(5-13)9(10,11)12/h6-7H,2-5H2,1H3,(H,14,15)/t6-,7-/m1/s1. The third-order valence-electron chi connectivity index (χ3n) is 2.96. The van der Waals surface area contributed by atoms with E-state index in [-0.39, 0.29) is 6.61 Å². The lowest BCUT2D eigenvalue weighted by Crippen LogP contribution is -2.34. The molecular formula is C9H14F3NO5S. The maximum Gasteiger partial charge on any atom is 0.393 e. The lowest BCUT2D eigenvalue weighted by Gasteiger charge is -2.18. The quantitative estimate of drug-likeness (QED) is 0.782. The average Bonchev–Trinajstić information content (AvgIpc) is 2.71. The van der Waals surface area contributed by atoms with Crippen LogP contribution >= 0.6 is 0 Å². The van der Waals surface area contributed by atoms with Crippen molar-refractivity contribution in [1.82, 2.24) is 4.31 Å². The lowest BCUT2D eigenvalue weighted by atomic mass is 9.96. The van der Waals surface area contributed by atoms with E-state index in [1.54, 1.807) is 0 Å². The molecule has 1 aliphatic heterocycles. The normalized spacial score (nSPS) is 25.7. The number of ether oxygens (including phenoxy) is 1. The van der Waals surface area contributed by atoms with Gasteiger partial charge < -0.3 is 9.84 Å². The second-order valence-electron chi connectivity index (χ2n) is 4.22. The Labute approximate surface area is 108 Å². The molecule has 1 fully saturated rings. The number of halogens is 3. The van der Waals surface area contributed by atoms with Gasteiger partial charge in [-0.05, 0) is 0 Å². The number of rotatable bonds is 5. The maximum absolute atomic E-state index is 12.7. The van der Waals surface area contributed by atoms with Gasteiger partial charge in [-0.15, -0.1) is 0 Å². The van der Waals surface area contributed by atoms with Crippen molar-refractivity contribution in [2.45, 2.75) is 6.18 Å². The number of aliphatic carboxylic acids is 1. The molecule has 0 spiro atoms. The summed E-state index contributed by atoms with van der Waals surface area (Å²) in [5.74, 6) is -6.06. The Morgan fingerprint density at radius 2 is 2.00 bits per heavy atom. The van der Waals surface area contributed by atoms with Gasteiger partial charge in [-0.25, -0.2) is 12.7 Å². The predicted octanol–water partition coefficient (Wildman–Crippen LogP) is 0.157. The molecule has 0 unspecified atom stereocenters. The summed E-state index contributed by atoms with van der Waals surface area (Å²) in [6.45, 7) is -1.68. The second-order valence-corrected chi connectivity index (χ2v) is 6.31. The maximum atomic E-state index is 12.7. The number of sulfonamides is 1. The molecule has 19 heavy (non-hydrogen) atoms. The number of hydrogen-bond acceptors (Lipinski definition) is 4. The van der Waals surface area contributed by atoms with E-state index in [9.17, 15) is 26.4 Å². The van der Waals surface area contributed by atoms with Crippen LogP contribution in [-0.4, -0.2) is 62.5 Å². The van der Waals surface area contributed by atoms with Gasteiger partial charge in [0.2, 0.25) is 10.0 Å². The molecule has 0 aromatic rings. The van der Waals surface area contributed by atoms with Gasteiger partial charge in [-0.1, -0.05) is 0 Å². The highest BCUT2D eigenvalue weighted by Crippen LogP contribution is 2.38. The molecule has 1 aliphatic rings. The molecule has 0 saturated carbocycles. The Morgan fingerprint density at radius 1 is 1.42 bits per heavy atom. The third-order valence-corrected chi connectivity index (χ3v) is 4.73. The van der Waals surface area contributed by atoms with Gasteiger partial charge in [0.15, 0.2) is 0 Å². The molecule has 112 valence electrons. The van der Waals surface area contributed by atoms with Gasteiger partial charge in [-0.3, -0.25) is 4.79 Å². The molecule has 6 nitrogen and oxygen atoms in total. The number of methoxy groups -OCH3 is 1. The summed E-state index contributed by atoms with van der Waals surface area (Å²) in [5, 5.41) is 8.76. The summed E-state index contributed by atoms with van der Waals surface area (Å²) in [4.78, 5) is 10.8. The highest BCUT2D eigenvalue weighted by atomic mass is 32.2. The Hall–Kier alpha value is -0.870. The van der Waals surface area contributed by atoms with Crippen LogP contribution in [0.1, 0.15) is 0 Å². The average molecular weight is 305 g/mol. The van der Waals surface area contributed by atoms with Crippen molar-refractivity contribution < 1.29 is 36.2 Å². The highest BCUT2D eigenvalue weighted by molar-refractivity contribution is 7.89. The van der Waals surface area contributed by atoms with Crippen molar-refractivity contribution in [2.24, 2.45) is 11.8 Å². The van der Waals surface area contributed by atoms with Crippen LogP contribution in [0.2, 0.25) is 0 Å². The molecule has 1 N–H and O–H groups in total. The molecule has 1 saturated heterocycles.